The molecular weight excluding hydrogens is 240 g/mol. The van der Waals surface area contributed by atoms with Crippen molar-refractivity contribution in [1.29, 1.82) is 0 Å². The molecule has 0 amide bonds. The predicted octanol–water partition coefficient (Wildman–Crippen LogP) is 3.01. The van der Waals surface area contributed by atoms with Gasteiger partial charge in [0, 0.05) is 11.3 Å². The molecule has 1 aliphatic heterocycles. The Morgan fingerprint density at radius 3 is 2.44 bits per heavy atom. The minimum atomic E-state index is 0.465. The maximum atomic E-state index is 4.73. The third-order valence-electron chi connectivity index (χ3n) is 3.70. The molecule has 0 radical (unpaired) electrons. The zero-order valence-corrected chi connectivity index (χ0v) is 11.8. The molecule has 18 heavy (non-hydrogen) atoms. The summed E-state index contributed by atoms with van der Waals surface area (Å²) in [5.74, 6) is 0. The number of rotatable bonds is 1. The van der Waals surface area contributed by atoms with Gasteiger partial charge in [-0.05, 0) is 37.3 Å². The second-order valence-corrected chi connectivity index (χ2v) is 6.89. The third kappa shape index (κ3) is 2.56. The number of nitrogens with one attached hydrogen (secondary N) is 1. The summed E-state index contributed by atoms with van der Waals surface area (Å²) in [4.78, 5) is 4.73. The van der Waals surface area contributed by atoms with Crippen LogP contribution in [0.15, 0.2) is 29.3 Å². The highest BCUT2D eigenvalue weighted by molar-refractivity contribution is 8.14. The molecule has 0 bridgehead atoms. The van der Waals surface area contributed by atoms with Crippen LogP contribution in [0.1, 0.15) is 31.4 Å². The highest BCUT2D eigenvalue weighted by Gasteiger charge is 2.24. The summed E-state index contributed by atoms with van der Waals surface area (Å²) in [5.41, 5.74) is 3.00. The monoisotopic (exact) mass is 260 g/mol. The van der Waals surface area contributed by atoms with Crippen LogP contribution in [0.3, 0.4) is 0 Å². The Kier molecular flexibility index (Phi) is 3.33. The molecule has 2 atom stereocenters. The molecule has 0 aromatic heterocycles. The average Bonchev–Trinajstić information content (AvgIpc) is 2.69. The second-order valence-electron chi connectivity index (χ2n) is 5.47. The smallest absolute Gasteiger partial charge is 0.157 e. The first kappa shape index (κ1) is 12.1. The van der Waals surface area contributed by atoms with Crippen molar-refractivity contribution in [3.63, 3.8) is 0 Å². The Labute approximate surface area is 113 Å². The molecule has 2 aliphatic rings. The summed E-state index contributed by atoms with van der Waals surface area (Å²) in [5, 5.41) is 5.47. The molecule has 0 fully saturated rings. The summed E-state index contributed by atoms with van der Waals surface area (Å²) in [7, 11) is 0. The Hall–Kier alpha value is -0.960. The molecule has 0 spiro atoms. The van der Waals surface area contributed by atoms with E-state index in [1.165, 1.54) is 17.5 Å². The van der Waals surface area contributed by atoms with Crippen molar-refractivity contribution < 1.29 is 0 Å². The van der Waals surface area contributed by atoms with Crippen molar-refractivity contribution in [2.75, 3.05) is 0 Å². The number of hydrogen-bond acceptors (Lipinski definition) is 3. The topological polar surface area (TPSA) is 24.4 Å². The predicted molar refractivity (Wildman–Crippen MR) is 79.3 cm³/mol. The first-order chi connectivity index (χ1) is 8.70. The number of amidine groups is 1. The maximum Gasteiger partial charge on any atom is 0.157 e. The van der Waals surface area contributed by atoms with E-state index >= 15 is 0 Å². The van der Waals surface area contributed by atoms with E-state index in [2.05, 4.69) is 43.4 Å². The van der Waals surface area contributed by atoms with Gasteiger partial charge in [0.25, 0.3) is 0 Å². The summed E-state index contributed by atoms with van der Waals surface area (Å²) in [6.07, 6.45) is 3.47. The van der Waals surface area contributed by atoms with Crippen LogP contribution >= 0.6 is 11.8 Å². The van der Waals surface area contributed by atoms with Gasteiger partial charge in [-0.1, -0.05) is 43.0 Å². The van der Waals surface area contributed by atoms with Gasteiger partial charge in [-0.3, -0.25) is 4.99 Å². The van der Waals surface area contributed by atoms with Crippen molar-refractivity contribution in [1.82, 2.24) is 5.32 Å². The van der Waals surface area contributed by atoms with Gasteiger partial charge in [-0.15, -0.1) is 0 Å². The largest absolute Gasteiger partial charge is 0.362 e. The summed E-state index contributed by atoms with van der Waals surface area (Å²) < 4.78 is 0. The Balaban J connectivity index is 1.66. The summed E-state index contributed by atoms with van der Waals surface area (Å²) >= 11 is 1.89. The molecule has 1 heterocycles. The minimum absolute atomic E-state index is 0.465. The zero-order chi connectivity index (χ0) is 12.5. The fourth-order valence-corrected chi connectivity index (χ4v) is 4.14. The van der Waals surface area contributed by atoms with Crippen molar-refractivity contribution in [3.05, 3.63) is 35.4 Å². The molecule has 1 aromatic rings. The molecule has 2 nitrogen and oxygen atoms in total. The standard InChI is InChI=1S/C15H20N2S/c1-10-7-11(2)18-15(16-10)17-14-8-12-5-3-4-6-13(12)9-14/h3-6,10-11,14H,7-9H2,1-2H3,(H,16,17). The molecule has 3 heteroatoms. The Morgan fingerprint density at radius 1 is 1.17 bits per heavy atom. The number of aliphatic imine (C=N–C) groups is 1. The van der Waals surface area contributed by atoms with Gasteiger partial charge in [-0.2, -0.15) is 0 Å². The Bertz CT molecular complexity index is 444. The van der Waals surface area contributed by atoms with E-state index in [9.17, 15) is 0 Å². The molecule has 2 unspecified atom stereocenters. The van der Waals surface area contributed by atoms with Crippen LogP contribution in [-0.4, -0.2) is 22.5 Å². The highest BCUT2D eigenvalue weighted by atomic mass is 32.2. The van der Waals surface area contributed by atoms with Crippen molar-refractivity contribution in [2.45, 2.75) is 50.4 Å². The number of fused-ring (bicyclic) bond motifs is 1. The van der Waals surface area contributed by atoms with Crippen LogP contribution < -0.4 is 5.32 Å². The van der Waals surface area contributed by atoms with Crippen LogP contribution in [0.4, 0.5) is 0 Å². The van der Waals surface area contributed by atoms with Gasteiger partial charge in [0.05, 0.1) is 6.04 Å². The van der Waals surface area contributed by atoms with Crippen LogP contribution in [0.5, 0.6) is 0 Å². The van der Waals surface area contributed by atoms with Crippen LogP contribution in [-0.2, 0) is 12.8 Å². The van der Waals surface area contributed by atoms with Gasteiger partial charge >= 0.3 is 0 Å². The fourth-order valence-electron chi connectivity index (χ4n) is 2.91. The first-order valence-corrected chi connectivity index (χ1v) is 7.66. The van der Waals surface area contributed by atoms with Gasteiger partial charge in [0.2, 0.25) is 0 Å². The van der Waals surface area contributed by atoms with E-state index in [1.807, 2.05) is 11.8 Å². The molecule has 1 aliphatic carbocycles. The van der Waals surface area contributed by atoms with E-state index in [0.717, 1.165) is 18.0 Å². The van der Waals surface area contributed by atoms with E-state index in [0.29, 0.717) is 17.3 Å². The fraction of sp³-hybridized carbons (Fsp3) is 0.533. The highest BCUT2D eigenvalue weighted by Crippen LogP contribution is 2.26. The minimum Gasteiger partial charge on any atom is -0.362 e. The van der Waals surface area contributed by atoms with Crippen molar-refractivity contribution >= 4 is 16.9 Å². The van der Waals surface area contributed by atoms with Crippen LogP contribution in [0.2, 0.25) is 0 Å². The third-order valence-corrected chi connectivity index (χ3v) is 4.74. The second kappa shape index (κ2) is 4.96. The molecule has 0 saturated heterocycles. The van der Waals surface area contributed by atoms with E-state index in [4.69, 9.17) is 4.99 Å². The number of benzene rings is 1. The molecule has 3 rings (SSSR count). The molecule has 1 aromatic carbocycles. The lowest BCUT2D eigenvalue weighted by atomic mass is 10.1. The quantitative estimate of drug-likeness (QED) is 0.839. The van der Waals surface area contributed by atoms with E-state index < -0.39 is 0 Å². The lowest BCUT2D eigenvalue weighted by Crippen LogP contribution is -2.37. The molecular formula is C15H20N2S. The lowest BCUT2D eigenvalue weighted by Gasteiger charge is -2.25. The van der Waals surface area contributed by atoms with Gasteiger partial charge in [-0.25, -0.2) is 0 Å². The lowest BCUT2D eigenvalue weighted by molar-refractivity contribution is 0.621. The van der Waals surface area contributed by atoms with Crippen molar-refractivity contribution in [3.8, 4) is 0 Å². The first-order valence-electron chi connectivity index (χ1n) is 6.78. The van der Waals surface area contributed by atoms with E-state index in [1.54, 1.807) is 0 Å². The average molecular weight is 260 g/mol. The number of nitrogens with zero attached hydrogens (tertiary/aromatic N) is 1. The van der Waals surface area contributed by atoms with Gasteiger partial charge in [0.15, 0.2) is 5.17 Å². The number of thioether (sulfide) groups is 1. The molecule has 96 valence electrons. The SMILES string of the molecule is CC1CC(C)SC(NC2Cc3ccccc3C2)=N1. The van der Waals surface area contributed by atoms with Crippen LogP contribution in [0, 0.1) is 0 Å². The summed E-state index contributed by atoms with van der Waals surface area (Å²) in [6.45, 7) is 4.50. The molecule has 1 N–H and O–H groups in total. The van der Waals surface area contributed by atoms with Crippen molar-refractivity contribution in [2.24, 2.45) is 4.99 Å². The summed E-state index contributed by atoms with van der Waals surface area (Å²) in [6, 6.07) is 9.77. The van der Waals surface area contributed by atoms with Gasteiger partial charge in [0.1, 0.15) is 0 Å². The Morgan fingerprint density at radius 2 is 1.83 bits per heavy atom. The van der Waals surface area contributed by atoms with E-state index in [-0.39, 0.29) is 0 Å². The normalized spacial score (nSPS) is 27.8. The molecule has 0 saturated carbocycles. The number of hydrogen-bond donors (Lipinski definition) is 1. The maximum absolute atomic E-state index is 4.73. The van der Waals surface area contributed by atoms with Gasteiger partial charge < -0.3 is 5.32 Å². The zero-order valence-electron chi connectivity index (χ0n) is 11.0. The van der Waals surface area contributed by atoms with Crippen LogP contribution in [0.25, 0.3) is 0 Å².